The van der Waals surface area contributed by atoms with Crippen molar-refractivity contribution in [1.29, 1.82) is 0 Å². The molecular formula is C16H13N5O2. The Balaban J connectivity index is 2.17. The van der Waals surface area contributed by atoms with E-state index in [1.807, 2.05) is 30.3 Å². The monoisotopic (exact) mass is 307 g/mol. The number of aromatic nitrogens is 2. The molecule has 0 aliphatic heterocycles. The van der Waals surface area contributed by atoms with Crippen LogP contribution in [0.4, 0.5) is 0 Å². The average Bonchev–Trinajstić information content (AvgIpc) is 3.00. The van der Waals surface area contributed by atoms with Crippen molar-refractivity contribution < 1.29 is 9.90 Å². The SMILES string of the molecule is [N-]=[N+]=NCC(c1ccccc1)n1ncc2c(C(=O)O)cccc21. The van der Waals surface area contributed by atoms with Crippen LogP contribution in [0.5, 0.6) is 0 Å². The van der Waals surface area contributed by atoms with E-state index in [9.17, 15) is 9.90 Å². The van der Waals surface area contributed by atoms with Crippen LogP contribution in [0.2, 0.25) is 0 Å². The van der Waals surface area contributed by atoms with E-state index in [0.717, 1.165) is 5.56 Å². The fraction of sp³-hybridized carbons (Fsp3) is 0.125. The second kappa shape index (κ2) is 6.21. The van der Waals surface area contributed by atoms with Gasteiger partial charge in [-0.15, -0.1) is 0 Å². The zero-order valence-electron chi connectivity index (χ0n) is 12.1. The zero-order valence-corrected chi connectivity index (χ0v) is 12.1. The Morgan fingerprint density at radius 1 is 1.26 bits per heavy atom. The lowest BCUT2D eigenvalue weighted by molar-refractivity contribution is 0.0699. The van der Waals surface area contributed by atoms with Crippen LogP contribution >= 0.6 is 0 Å². The van der Waals surface area contributed by atoms with E-state index in [-0.39, 0.29) is 18.2 Å². The number of hydrogen-bond donors (Lipinski definition) is 1. The molecule has 0 spiro atoms. The number of aromatic carboxylic acids is 1. The Bertz CT molecular complexity index is 897. The second-order valence-electron chi connectivity index (χ2n) is 4.97. The molecule has 7 nitrogen and oxygen atoms in total. The van der Waals surface area contributed by atoms with Crippen molar-refractivity contribution in [2.24, 2.45) is 5.11 Å². The minimum Gasteiger partial charge on any atom is -0.478 e. The highest BCUT2D eigenvalue weighted by Crippen LogP contribution is 2.26. The summed E-state index contributed by atoms with van der Waals surface area (Å²) in [7, 11) is 0. The summed E-state index contributed by atoms with van der Waals surface area (Å²) < 4.78 is 1.70. The predicted octanol–water partition coefficient (Wildman–Crippen LogP) is 3.63. The molecule has 7 heteroatoms. The fourth-order valence-corrected chi connectivity index (χ4v) is 2.62. The van der Waals surface area contributed by atoms with Crippen molar-refractivity contribution in [3.8, 4) is 0 Å². The molecule has 0 saturated carbocycles. The van der Waals surface area contributed by atoms with E-state index >= 15 is 0 Å². The molecule has 1 unspecified atom stereocenters. The third kappa shape index (κ3) is 2.73. The fourth-order valence-electron chi connectivity index (χ4n) is 2.62. The van der Waals surface area contributed by atoms with Gasteiger partial charge in [0.25, 0.3) is 0 Å². The van der Waals surface area contributed by atoms with E-state index in [0.29, 0.717) is 10.9 Å². The van der Waals surface area contributed by atoms with E-state index < -0.39 is 5.97 Å². The largest absolute Gasteiger partial charge is 0.478 e. The first kappa shape index (κ1) is 14.6. The predicted molar refractivity (Wildman–Crippen MR) is 85.3 cm³/mol. The highest BCUT2D eigenvalue weighted by atomic mass is 16.4. The van der Waals surface area contributed by atoms with Gasteiger partial charge in [0.05, 0.1) is 29.9 Å². The van der Waals surface area contributed by atoms with Crippen molar-refractivity contribution in [1.82, 2.24) is 9.78 Å². The molecule has 0 bridgehead atoms. The van der Waals surface area contributed by atoms with Crippen LogP contribution in [-0.4, -0.2) is 27.4 Å². The van der Waals surface area contributed by atoms with E-state index in [2.05, 4.69) is 15.1 Å². The summed E-state index contributed by atoms with van der Waals surface area (Å²) in [6.07, 6.45) is 1.53. The van der Waals surface area contributed by atoms with Gasteiger partial charge < -0.3 is 5.11 Å². The number of hydrogen-bond acceptors (Lipinski definition) is 3. The summed E-state index contributed by atoms with van der Waals surface area (Å²) in [5.74, 6) is -0.999. The van der Waals surface area contributed by atoms with Gasteiger partial charge in [-0.2, -0.15) is 5.10 Å². The molecule has 1 atom stereocenters. The lowest BCUT2D eigenvalue weighted by Gasteiger charge is -2.17. The van der Waals surface area contributed by atoms with E-state index in [1.54, 1.807) is 22.9 Å². The minimum atomic E-state index is -0.999. The maximum absolute atomic E-state index is 11.3. The number of rotatable bonds is 5. The number of carboxylic acids is 1. The molecule has 0 aliphatic carbocycles. The van der Waals surface area contributed by atoms with Gasteiger partial charge in [-0.1, -0.05) is 41.5 Å². The van der Waals surface area contributed by atoms with Gasteiger partial charge in [0, 0.05) is 10.3 Å². The number of carboxylic acid groups (broad SMARTS) is 1. The normalized spacial score (nSPS) is 11.8. The highest BCUT2D eigenvalue weighted by Gasteiger charge is 2.18. The summed E-state index contributed by atoms with van der Waals surface area (Å²) in [5, 5.41) is 17.9. The topological polar surface area (TPSA) is 104 Å². The first-order valence-corrected chi connectivity index (χ1v) is 6.97. The van der Waals surface area contributed by atoms with Gasteiger partial charge in [-0.3, -0.25) is 4.68 Å². The van der Waals surface area contributed by atoms with Gasteiger partial charge in [0.15, 0.2) is 0 Å². The van der Waals surface area contributed by atoms with Gasteiger partial charge >= 0.3 is 5.97 Å². The highest BCUT2D eigenvalue weighted by molar-refractivity contribution is 6.02. The van der Waals surface area contributed by atoms with Crippen molar-refractivity contribution in [2.45, 2.75) is 6.04 Å². The van der Waals surface area contributed by atoms with Crippen LogP contribution in [0.3, 0.4) is 0 Å². The van der Waals surface area contributed by atoms with Crippen molar-refractivity contribution >= 4 is 16.9 Å². The second-order valence-corrected chi connectivity index (χ2v) is 4.97. The van der Waals surface area contributed by atoms with Crippen LogP contribution in [0.25, 0.3) is 21.3 Å². The smallest absolute Gasteiger partial charge is 0.336 e. The molecule has 1 aromatic heterocycles. The molecule has 0 radical (unpaired) electrons. The lowest BCUT2D eigenvalue weighted by Crippen LogP contribution is -2.15. The molecule has 23 heavy (non-hydrogen) atoms. The number of azide groups is 1. The maximum Gasteiger partial charge on any atom is 0.336 e. The van der Waals surface area contributed by atoms with Gasteiger partial charge in [-0.05, 0) is 23.2 Å². The first-order valence-electron chi connectivity index (χ1n) is 6.97. The standard InChI is InChI=1S/C16H13N5O2/c17-20-18-10-15(11-5-2-1-3-6-11)21-14-8-4-7-12(16(22)23)13(14)9-19-21/h1-9,15H,10H2,(H,22,23). The molecule has 114 valence electrons. The minimum absolute atomic E-state index is 0.189. The van der Waals surface area contributed by atoms with Crippen LogP contribution in [0, 0.1) is 0 Å². The summed E-state index contributed by atoms with van der Waals surface area (Å²) in [5.41, 5.74) is 10.5. The van der Waals surface area contributed by atoms with E-state index in [1.165, 1.54) is 6.20 Å². The molecule has 0 saturated heterocycles. The zero-order chi connectivity index (χ0) is 16.2. The van der Waals surface area contributed by atoms with Crippen LogP contribution in [-0.2, 0) is 0 Å². The third-order valence-corrected chi connectivity index (χ3v) is 3.67. The van der Waals surface area contributed by atoms with Crippen LogP contribution in [0.1, 0.15) is 22.0 Å². The molecule has 0 aliphatic rings. The average molecular weight is 307 g/mol. The maximum atomic E-state index is 11.3. The molecule has 2 aromatic carbocycles. The molecule has 0 amide bonds. The van der Waals surface area contributed by atoms with E-state index in [4.69, 9.17) is 5.53 Å². The number of benzene rings is 2. The van der Waals surface area contributed by atoms with Gasteiger partial charge in [-0.25, -0.2) is 4.79 Å². The number of nitrogens with zero attached hydrogens (tertiary/aromatic N) is 5. The number of fused-ring (bicyclic) bond motifs is 1. The van der Waals surface area contributed by atoms with Crippen molar-refractivity contribution in [3.05, 3.63) is 76.3 Å². The Morgan fingerprint density at radius 3 is 2.74 bits per heavy atom. The molecule has 3 rings (SSSR count). The summed E-state index contributed by atoms with van der Waals surface area (Å²) in [4.78, 5) is 14.2. The Kier molecular flexibility index (Phi) is 3.95. The van der Waals surface area contributed by atoms with Crippen LogP contribution < -0.4 is 0 Å². The lowest BCUT2D eigenvalue weighted by atomic mass is 10.1. The third-order valence-electron chi connectivity index (χ3n) is 3.67. The Morgan fingerprint density at radius 2 is 2.04 bits per heavy atom. The molecule has 1 N–H and O–H groups in total. The summed E-state index contributed by atoms with van der Waals surface area (Å²) in [6.45, 7) is 0.189. The molecule has 0 fully saturated rings. The quantitative estimate of drug-likeness (QED) is 0.442. The Labute approximate surface area is 131 Å². The summed E-state index contributed by atoms with van der Waals surface area (Å²) in [6, 6.07) is 14.3. The molecule has 1 heterocycles. The molecular weight excluding hydrogens is 294 g/mol. The van der Waals surface area contributed by atoms with Crippen molar-refractivity contribution in [2.75, 3.05) is 6.54 Å². The summed E-state index contributed by atoms with van der Waals surface area (Å²) >= 11 is 0. The number of carbonyl (C=O) groups is 1. The first-order chi connectivity index (χ1) is 11.2. The van der Waals surface area contributed by atoms with Crippen LogP contribution in [0.15, 0.2) is 59.8 Å². The van der Waals surface area contributed by atoms with Gasteiger partial charge in [0.1, 0.15) is 0 Å². The molecule has 3 aromatic rings. The van der Waals surface area contributed by atoms with Gasteiger partial charge in [0.2, 0.25) is 0 Å². The van der Waals surface area contributed by atoms with Crippen molar-refractivity contribution in [3.63, 3.8) is 0 Å². The Hall–Kier alpha value is -3.31.